The molecule has 0 unspecified atom stereocenters. The van der Waals surface area contributed by atoms with Crippen LogP contribution >= 0.6 is 0 Å². The molecule has 4 heterocycles. The van der Waals surface area contributed by atoms with E-state index in [0.717, 1.165) is 31.5 Å². The van der Waals surface area contributed by atoms with Gasteiger partial charge in [-0.1, -0.05) is 31.0 Å². The van der Waals surface area contributed by atoms with Gasteiger partial charge in [-0.2, -0.15) is 4.98 Å². The Morgan fingerprint density at radius 1 is 1.23 bits per heavy atom. The first kappa shape index (κ1) is 16.7. The monoisotopic (exact) mass is 354 g/mol. The molecule has 0 spiro atoms. The average molecular weight is 354 g/mol. The van der Waals surface area contributed by atoms with E-state index in [9.17, 15) is 0 Å². The summed E-state index contributed by atoms with van der Waals surface area (Å²) in [6.07, 6.45) is 5.45. The molecule has 0 radical (unpaired) electrons. The first-order valence-electron chi connectivity index (χ1n) is 8.83. The summed E-state index contributed by atoms with van der Waals surface area (Å²) in [5, 5.41) is 12.5. The molecule has 26 heavy (non-hydrogen) atoms. The molecule has 136 valence electrons. The van der Waals surface area contributed by atoms with Crippen LogP contribution in [0.4, 0.5) is 6.01 Å². The lowest BCUT2D eigenvalue weighted by Crippen LogP contribution is -2.34. The molecule has 0 N–H and O–H groups in total. The number of anilines is 1. The highest BCUT2D eigenvalue weighted by atomic mass is 16.5. The van der Waals surface area contributed by atoms with Crippen LogP contribution in [0.25, 0.3) is 11.4 Å². The molecular formula is C18H22N6O2. The van der Waals surface area contributed by atoms with E-state index < -0.39 is 0 Å². The number of aromatic nitrogens is 5. The fraction of sp³-hybridized carbons (Fsp3) is 0.500. The van der Waals surface area contributed by atoms with Gasteiger partial charge in [0.25, 0.3) is 0 Å². The zero-order valence-electron chi connectivity index (χ0n) is 15.2. The van der Waals surface area contributed by atoms with Crippen molar-refractivity contribution in [1.82, 2.24) is 25.3 Å². The van der Waals surface area contributed by atoms with E-state index in [4.69, 9.17) is 8.94 Å². The van der Waals surface area contributed by atoms with Crippen LogP contribution in [0.1, 0.15) is 51.3 Å². The maximum atomic E-state index is 5.88. The van der Waals surface area contributed by atoms with Crippen molar-refractivity contribution in [3.63, 3.8) is 0 Å². The Bertz CT molecular complexity index is 867. The van der Waals surface area contributed by atoms with Gasteiger partial charge in [-0.05, 0) is 25.0 Å². The van der Waals surface area contributed by atoms with Crippen molar-refractivity contribution < 1.29 is 8.94 Å². The Balaban J connectivity index is 1.51. The van der Waals surface area contributed by atoms with Crippen LogP contribution in [0.15, 0.2) is 33.5 Å². The van der Waals surface area contributed by atoms with E-state index in [1.165, 1.54) is 0 Å². The Morgan fingerprint density at radius 2 is 2.12 bits per heavy atom. The second-order valence-corrected chi connectivity index (χ2v) is 7.62. The van der Waals surface area contributed by atoms with Gasteiger partial charge in [-0.25, -0.2) is 0 Å². The summed E-state index contributed by atoms with van der Waals surface area (Å²) in [6.45, 7) is 7.78. The smallest absolute Gasteiger partial charge is 0.318 e. The van der Waals surface area contributed by atoms with Gasteiger partial charge < -0.3 is 13.8 Å². The molecule has 1 fully saturated rings. The summed E-state index contributed by atoms with van der Waals surface area (Å²) < 4.78 is 11.4. The van der Waals surface area contributed by atoms with Crippen LogP contribution in [0.3, 0.4) is 0 Å². The summed E-state index contributed by atoms with van der Waals surface area (Å²) in [7, 11) is 0. The lowest BCUT2D eigenvalue weighted by Gasteiger charge is -2.29. The molecule has 3 aromatic heterocycles. The molecule has 0 bridgehead atoms. The van der Waals surface area contributed by atoms with Gasteiger partial charge in [-0.15, -0.1) is 5.10 Å². The van der Waals surface area contributed by atoms with Crippen LogP contribution in [-0.4, -0.2) is 38.4 Å². The molecule has 0 aliphatic carbocycles. The molecule has 0 amide bonds. The SMILES string of the molecule is CC(C)(C)c1nnc(N2CCC[C@@H](c3nc(-c4cccnc4)no3)C2)o1. The second-order valence-electron chi connectivity index (χ2n) is 7.62. The van der Waals surface area contributed by atoms with Crippen LogP contribution in [0.2, 0.25) is 0 Å². The molecule has 1 aliphatic rings. The van der Waals surface area contributed by atoms with Gasteiger partial charge in [-0.3, -0.25) is 4.98 Å². The molecule has 0 saturated carbocycles. The minimum atomic E-state index is -0.161. The summed E-state index contributed by atoms with van der Waals surface area (Å²) in [6, 6.07) is 4.34. The second kappa shape index (κ2) is 6.51. The summed E-state index contributed by atoms with van der Waals surface area (Å²) in [4.78, 5) is 10.8. The molecular weight excluding hydrogens is 332 g/mol. The maximum absolute atomic E-state index is 5.88. The fourth-order valence-electron chi connectivity index (χ4n) is 3.01. The highest BCUT2D eigenvalue weighted by Crippen LogP contribution is 2.31. The highest BCUT2D eigenvalue weighted by molar-refractivity contribution is 5.52. The molecule has 1 atom stereocenters. The Kier molecular flexibility index (Phi) is 4.18. The zero-order valence-corrected chi connectivity index (χ0v) is 15.2. The molecule has 1 saturated heterocycles. The van der Waals surface area contributed by atoms with Gasteiger partial charge in [0, 0.05) is 36.5 Å². The predicted molar refractivity (Wildman–Crippen MR) is 94.7 cm³/mol. The standard InChI is InChI=1S/C18H22N6O2/c1-18(2,3)16-21-22-17(25-16)24-9-5-7-13(11-24)15-20-14(23-26-15)12-6-4-8-19-10-12/h4,6,8,10,13H,5,7,9,11H2,1-3H3/t13-/m1/s1. The minimum Gasteiger partial charge on any atom is -0.407 e. The number of rotatable bonds is 3. The normalized spacial score (nSPS) is 18.3. The van der Waals surface area contributed by atoms with Crippen molar-refractivity contribution in [2.45, 2.75) is 44.9 Å². The van der Waals surface area contributed by atoms with Gasteiger partial charge in [0.15, 0.2) is 0 Å². The van der Waals surface area contributed by atoms with Crippen molar-refractivity contribution in [3.05, 3.63) is 36.3 Å². The Morgan fingerprint density at radius 3 is 2.85 bits per heavy atom. The number of nitrogens with zero attached hydrogens (tertiary/aromatic N) is 6. The molecule has 0 aromatic carbocycles. The summed E-state index contributed by atoms with van der Waals surface area (Å²) >= 11 is 0. The van der Waals surface area contributed by atoms with E-state index in [2.05, 4.69) is 51.0 Å². The molecule has 3 aromatic rings. The summed E-state index contributed by atoms with van der Waals surface area (Å²) in [5.74, 6) is 2.00. The van der Waals surface area contributed by atoms with Crippen LogP contribution in [-0.2, 0) is 5.41 Å². The highest BCUT2D eigenvalue weighted by Gasteiger charge is 2.30. The van der Waals surface area contributed by atoms with E-state index in [1.807, 2.05) is 12.1 Å². The lowest BCUT2D eigenvalue weighted by molar-refractivity contribution is 0.326. The van der Waals surface area contributed by atoms with Gasteiger partial charge in [0.2, 0.25) is 17.6 Å². The number of pyridine rings is 1. The number of piperidine rings is 1. The topological polar surface area (TPSA) is 94.0 Å². The predicted octanol–water partition coefficient (Wildman–Crippen LogP) is 3.20. The van der Waals surface area contributed by atoms with E-state index in [-0.39, 0.29) is 11.3 Å². The zero-order chi connectivity index (χ0) is 18.1. The average Bonchev–Trinajstić information content (AvgIpc) is 3.32. The van der Waals surface area contributed by atoms with Crippen molar-refractivity contribution in [2.24, 2.45) is 0 Å². The van der Waals surface area contributed by atoms with Crippen molar-refractivity contribution in [3.8, 4) is 11.4 Å². The van der Waals surface area contributed by atoms with E-state index in [1.54, 1.807) is 12.4 Å². The largest absolute Gasteiger partial charge is 0.407 e. The third-order valence-corrected chi connectivity index (χ3v) is 4.46. The first-order chi connectivity index (χ1) is 12.5. The third-order valence-electron chi connectivity index (χ3n) is 4.46. The molecule has 8 heteroatoms. The van der Waals surface area contributed by atoms with Crippen LogP contribution in [0, 0.1) is 0 Å². The first-order valence-corrected chi connectivity index (χ1v) is 8.83. The quantitative estimate of drug-likeness (QED) is 0.708. The van der Waals surface area contributed by atoms with Crippen molar-refractivity contribution in [1.29, 1.82) is 0 Å². The van der Waals surface area contributed by atoms with Crippen LogP contribution in [0.5, 0.6) is 0 Å². The molecule has 4 rings (SSSR count). The molecule has 1 aliphatic heterocycles. The Labute approximate surface area is 151 Å². The summed E-state index contributed by atoms with van der Waals surface area (Å²) in [5.41, 5.74) is 0.688. The molecule has 8 nitrogen and oxygen atoms in total. The number of hydrogen-bond donors (Lipinski definition) is 0. The van der Waals surface area contributed by atoms with Crippen molar-refractivity contribution >= 4 is 6.01 Å². The number of hydrogen-bond acceptors (Lipinski definition) is 8. The van der Waals surface area contributed by atoms with E-state index >= 15 is 0 Å². The fourth-order valence-corrected chi connectivity index (χ4v) is 3.01. The van der Waals surface area contributed by atoms with Crippen LogP contribution < -0.4 is 4.90 Å². The minimum absolute atomic E-state index is 0.145. The van der Waals surface area contributed by atoms with Gasteiger partial charge >= 0.3 is 6.01 Å². The Hall–Kier alpha value is -2.77. The van der Waals surface area contributed by atoms with Gasteiger partial charge in [0.1, 0.15) is 0 Å². The van der Waals surface area contributed by atoms with E-state index in [0.29, 0.717) is 23.6 Å². The maximum Gasteiger partial charge on any atom is 0.318 e. The third kappa shape index (κ3) is 3.31. The lowest BCUT2D eigenvalue weighted by atomic mass is 9.97. The van der Waals surface area contributed by atoms with Crippen molar-refractivity contribution in [2.75, 3.05) is 18.0 Å². The van der Waals surface area contributed by atoms with Gasteiger partial charge in [0.05, 0.1) is 5.92 Å².